The van der Waals surface area contributed by atoms with Gasteiger partial charge in [0.15, 0.2) is 0 Å². The molecule has 0 amide bonds. The number of hydrogen-bond donors (Lipinski definition) is 0. The maximum atomic E-state index is 14.8. The summed E-state index contributed by atoms with van der Waals surface area (Å²) in [4.78, 5) is 0. The Morgan fingerprint density at radius 2 is 1.41 bits per heavy atom. The van der Waals surface area contributed by atoms with Gasteiger partial charge in [-0.15, -0.1) is 0 Å². The van der Waals surface area contributed by atoms with Crippen molar-refractivity contribution in [2.75, 3.05) is 0 Å². The SMILES string of the molecule is Cc1ccc(-c2cc(F)c(C(F)(F)Oc3ccc(/C=C/C4CCC(C)CC4)cc3)c(F)c2)cc1. The quantitative estimate of drug-likeness (QED) is 0.328. The van der Waals surface area contributed by atoms with Gasteiger partial charge in [0.1, 0.15) is 22.9 Å². The Bertz CT molecular complexity index is 1120. The number of halogens is 4. The molecule has 3 aromatic carbocycles. The highest BCUT2D eigenvalue weighted by Gasteiger charge is 2.41. The van der Waals surface area contributed by atoms with Gasteiger partial charge >= 0.3 is 6.11 Å². The Kier molecular flexibility index (Phi) is 7.11. The monoisotopic (exact) mass is 468 g/mol. The largest absolute Gasteiger partial charge is 0.432 e. The van der Waals surface area contributed by atoms with E-state index in [1.54, 1.807) is 36.4 Å². The van der Waals surface area contributed by atoms with E-state index < -0.39 is 23.3 Å². The van der Waals surface area contributed by atoms with Gasteiger partial charge in [-0.2, -0.15) is 8.78 Å². The van der Waals surface area contributed by atoms with E-state index >= 15 is 0 Å². The molecule has 0 saturated heterocycles. The van der Waals surface area contributed by atoms with Crippen molar-refractivity contribution in [2.45, 2.75) is 45.6 Å². The van der Waals surface area contributed by atoms with Gasteiger partial charge < -0.3 is 4.74 Å². The normalized spacial score (nSPS) is 18.9. The maximum Gasteiger partial charge on any atom is 0.432 e. The molecule has 0 heterocycles. The Hall–Kier alpha value is -3.08. The summed E-state index contributed by atoms with van der Waals surface area (Å²) in [6.07, 6.45) is 4.72. The van der Waals surface area contributed by atoms with E-state index in [-0.39, 0.29) is 11.3 Å². The number of ether oxygens (including phenoxy) is 1. The van der Waals surface area contributed by atoms with Crippen molar-refractivity contribution >= 4 is 6.08 Å². The predicted molar refractivity (Wildman–Crippen MR) is 128 cm³/mol. The van der Waals surface area contributed by atoms with Gasteiger partial charge in [-0.25, -0.2) is 8.78 Å². The fourth-order valence-electron chi connectivity index (χ4n) is 4.34. The first-order valence-corrected chi connectivity index (χ1v) is 11.6. The van der Waals surface area contributed by atoms with Gasteiger partial charge in [-0.3, -0.25) is 0 Å². The molecule has 1 saturated carbocycles. The van der Waals surface area contributed by atoms with Crippen LogP contribution in [0, 0.1) is 30.4 Å². The number of hydrogen-bond acceptors (Lipinski definition) is 1. The Morgan fingerprint density at radius 3 is 2.00 bits per heavy atom. The van der Waals surface area contributed by atoms with E-state index in [0.29, 0.717) is 11.5 Å². The molecular formula is C29H28F4O. The lowest BCUT2D eigenvalue weighted by Crippen LogP contribution is -2.25. The van der Waals surface area contributed by atoms with Crippen molar-refractivity contribution in [1.29, 1.82) is 0 Å². The first kappa shape index (κ1) is 24.1. The molecule has 34 heavy (non-hydrogen) atoms. The van der Waals surface area contributed by atoms with E-state index in [2.05, 4.69) is 13.0 Å². The minimum Gasteiger partial charge on any atom is -0.429 e. The van der Waals surface area contributed by atoms with Crippen molar-refractivity contribution in [1.82, 2.24) is 0 Å². The Labute approximate surface area is 198 Å². The first-order chi connectivity index (χ1) is 16.2. The number of allylic oxidation sites excluding steroid dienone is 1. The third-order valence-electron chi connectivity index (χ3n) is 6.47. The standard InChI is InChI=1S/C29H28F4O/c1-19-3-7-21(8-4-19)9-10-22-11-15-25(16-12-22)34-29(32,33)28-26(30)17-24(18-27(28)31)23-13-5-20(2)6-14-23/h5-6,9-19,21H,3-4,7-8H2,1-2H3/b10-9+. The molecule has 3 aromatic rings. The van der Waals surface area contributed by atoms with Gasteiger partial charge in [0.25, 0.3) is 0 Å². The van der Waals surface area contributed by atoms with Crippen LogP contribution in [0.4, 0.5) is 17.6 Å². The van der Waals surface area contributed by atoms with Crippen LogP contribution in [0.1, 0.15) is 49.3 Å². The molecule has 1 aliphatic rings. The van der Waals surface area contributed by atoms with E-state index in [1.807, 2.05) is 13.0 Å². The topological polar surface area (TPSA) is 9.23 Å². The second-order valence-electron chi connectivity index (χ2n) is 9.25. The number of benzene rings is 3. The molecule has 0 N–H and O–H groups in total. The van der Waals surface area contributed by atoms with Crippen molar-refractivity contribution < 1.29 is 22.3 Å². The van der Waals surface area contributed by atoms with Gasteiger partial charge in [0.05, 0.1) is 0 Å². The molecule has 0 aliphatic heterocycles. The lowest BCUT2D eigenvalue weighted by Gasteiger charge is -2.23. The molecule has 0 unspecified atom stereocenters. The minimum absolute atomic E-state index is 0.171. The fraction of sp³-hybridized carbons (Fsp3) is 0.310. The molecule has 0 radical (unpaired) electrons. The van der Waals surface area contributed by atoms with Crippen molar-refractivity contribution in [2.24, 2.45) is 11.8 Å². The van der Waals surface area contributed by atoms with Crippen LogP contribution in [-0.2, 0) is 6.11 Å². The van der Waals surface area contributed by atoms with Gasteiger partial charge in [0, 0.05) is 0 Å². The number of aryl methyl sites for hydroxylation is 1. The van der Waals surface area contributed by atoms with Gasteiger partial charge in [-0.1, -0.05) is 73.9 Å². The summed E-state index contributed by atoms with van der Waals surface area (Å²) in [5.74, 6) is -1.58. The van der Waals surface area contributed by atoms with Crippen molar-refractivity contribution in [3.05, 3.63) is 95.1 Å². The number of alkyl halides is 2. The van der Waals surface area contributed by atoms with E-state index in [9.17, 15) is 17.6 Å². The van der Waals surface area contributed by atoms with Crippen LogP contribution in [0.3, 0.4) is 0 Å². The molecule has 178 valence electrons. The zero-order chi connectivity index (χ0) is 24.3. The van der Waals surface area contributed by atoms with Gasteiger partial charge in [-0.05, 0) is 72.6 Å². The van der Waals surface area contributed by atoms with Crippen LogP contribution in [0.2, 0.25) is 0 Å². The predicted octanol–water partition coefficient (Wildman–Crippen LogP) is 8.91. The third-order valence-corrected chi connectivity index (χ3v) is 6.47. The molecule has 1 fully saturated rings. The molecule has 5 heteroatoms. The van der Waals surface area contributed by atoms with E-state index in [1.165, 1.54) is 25.0 Å². The number of rotatable bonds is 6. The zero-order valence-electron chi connectivity index (χ0n) is 19.3. The molecule has 1 aliphatic carbocycles. The lowest BCUT2D eigenvalue weighted by atomic mass is 9.83. The summed E-state index contributed by atoms with van der Waals surface area (Å²) < 4.78 is 63.5. The second kappa shape index (κ2) is 10.0. The smallest absolute Gasteiger partial charge is 0.429 e. The van der Waals surface area contributed by atoms with Crippen LogP contribution in [0.15, 0.2) is 66.7 Å². The molecule has 0 aromatic heterocycles. The molecular weight excluding hydrogens is 440 g/mol. The highest BCUT2D eigenvalue weighted by molar-refractivity contribution is 5.64. The second-order valence-corrected chi connectivity index (χ2v) is 9.25. The Balaban J connectivity index is 1.47. The summed E-state index contributed by atoms with van der Waals surface area (Å²) in [6.45, 7) is 4.15. The summed E-state index contributed by atoms with van der Waals surface area (Å²) >= 11 is 0. The highest BCUT2D eigenvalue weighted by Crippen LogP contribution is 2.37. The van der Waals surface area contributed by atoms with Crippen LogP contribution < -0.4 is 4.74 Å². The molecule has 0 spiro atoms. The average molecular weight is 469 g/mol. The minimum atomic E-state index is -4.17. The molecule has 0 atom stereocenters. The molecule has 1 nitrogen and oxygen atoms in total. The highest BCUT2D eigenvalue weighted by atomic mass is 19.3. The summed E-state index contributed by atoms with van der Waals surface area (Å²) in [6, 6.07) is 14.8. The van der Waals surface area contributed by atoms with E-state index in [4.69, 9.17) is 4.74 Å². The van der Waals surface area contributed by atoms with E-state index in [0.717, 1.165) is 42.0 Å². The maximum absolute atomic E-state index is 14.8. The third kappa shape index (κ3) is 5.69. The van der Waals surface area contributed by atoms with Gasteiger partial charge in [0.2, 0.25) is 0 Å². The van der Waals surface area contributed by atoms with Crippen molar-refractivity contribution in [3.63, 3.8) is 0 Å². The zero-order valence-corrected chi connectivity index (χ0v) is 19.3. The van der Waals surface area contributed by atoms with Crippen LogP contribution in [0.25, 0.3) is 17.2 Å². The summed E-state index contributed by atoms with van der Waals surface area (Å²) in [5.41, 5.74) is 1.14. The summed E-state index contributed by atoms with van der Waals surface area (Å²) in [5, 5.41) is 0. The van der Waals surface area contributed by atoms with Crippen LogP contribution in [0.5, 0.6) is 5.75 Å². The molecule has 4 rings (SSSR count). The average Bonchev–Trinajstić information content (AvgIpc) is 2.79. The first-order valence-electron chi connectivity index (χ1n) is 11.6. The van der Waals surface area contributed by atoms with Crippen molar-refractivity contribution in [3.8, 4) is 16.9 Å². The Morgan fingerprint density at radius 1 is 0.824 bits per heavy atom. The lowest BCUT2D eigenvalue weighted by molar-refractivity contribution is -0.189. The summed E-state index contributed by atoms with van der Waals surface area (Å²) in [7, 11) is 0. The van der Waals surface area contributed by atoms with Crippen LogP contribution >= 0.6 is 0 Å². The fourth-order valence-corrected chi connectivity index (χ4v) is 4.34. The molecule has 0 bridgehead atoms. The van der Waals surface area contributed by atoms with Crippen LogP contribution in [-0.4, -0.2) is 0 Å².